The molecule has 0 fully saturated rings. The summed E-state index contributed by atoms with van der Waals surface area (Å²) >= 11 is 5.12. The van der Waals surface area contributed by atoms with Crippen LogP contribution < -0.4 is 0 Å². The lowest BCUT2D eigenvalue weighted by molar-refractivity contribution is 0.465. The highest BCUT2D eigenvalue weighted by atomic mass is 79.9. The summed E-state index contributed by atoms with van der Waals surface area (Å²) in [6.07, 6.45) is 7.79. The Morgan fingerprint density at radius 1 is 0.905 bits per heavy atom. The van der Waals surface area contributed by atoms with Gasteiger partial charge in [0.1, 0.15) is 0 Å². The second kappa shape index (κ2) is 10.0. The van der Waals surface area contributed by atoms with Crippen molar-refractivity contribution < 1.29 is 4.42 Å². The van der Waals surface area contributed by atoms with Gasteiger partial charge in [0.2, 0.25) is 5.89 Å². The van der Waals surface area contributed by atoms with Gasteiger partial charge in [-0.3, -0.25) is 0 Å². The molecule has 0 amide bonds. The van der Waals surface area contributed by atoms with Crippen molar-refractivity contribution in [3.63, 3.8) is 0 Å². The van der Waals surface area contributed by atoms with Crippen molar-refractivity contribution in [2.24, 2.45) is 0 Å². The van der Waals surface area contributed by atoms with Crippen LogP contribution in [0.5, 0.6) is 0 Å². The maximum absolute atomic E-state index is 5.66. The molecule has 0 saturated heterocycles. The van der Waals surface area contributed by atoms with Crippen LogP contribution in [-0.4, -0.2) is 21.3 Å². The molecule has 0 saturated carbocycles. The van der Waals surface area contributed by atoms with E-state index in [1.807, 2.05) is 30.3 Å². The minimum absolute atomic E-state index is 0.605. The lowest BCUT2D eigenvalue weighted by Gasteiger charge is -1.99. The van der Waals surface area contributed by atoms with Crippen molar-refractivity contribution in [3.8, 4) is 11.5 Å². The van der Waals surface area contributed by atoms with Gasteiger partial charge in [0.15, 0.2) is 0 Å². The van der Waals surface area contributed by atoms with Crippen molar-refractivity contribution in [2.45, 2.75) is 43.7 Å². The average molecular weight is 369 g/mol. The highest BCUT2D eigenvalue weighted by Gasteiger charge is 2.07. The zero-order chi connectivity index (χ0) is 14.8. The van der Waals surface area contributed by atoms with Gasteiger partial charge in [-0.05, 0) is 25.0 Å². The van der Waals surface area contributed by atoms with Crippen LogP contribution in [0.3, 0.4) is 0 Å². The van der Waals surface area contributed by atoms with Crippen molar-refractivity contribution in [3.05, 3.63) is 30.3 Å². The fraction of sp³-hybridized carbons (Fsp3) is 0.500. The largest absolute Gasteiger partial charge is 0.411 e. The van der Waals surface area contributed by atoms with Crippen LogP contribution in [-0.2, 0) is 0 Å². The first-order chi connectivity index (χ1) is 10.4. The number of rotatable bonds is 10. The highest BCUT2D eigenvalue weighted by Crippen LogP contribution is 2.23. The number of nitrogens with zero attached hydrogens (tertiary/aromatic N) is 2. The molecule has 21 heavy (non-hydrogen) atoms. The van der Waals surface area contributed by atoms with Crippen LogP contribution in [0.2, 0.25) is 0 Å². The Morgan fingerprint density at radius 3 is 2.38 bits per heavy atom. The molecule has 0 unspecified atom stereocenters. The fourth-order valence-corrected chi connectivity index (χ4v) is 3.18. The van der Waals surface area contributed by atoms with Gasteiger partial charge in [0.05, 0.1) is 0 Å². The van der Waals surface area contributed by atoms with E-state index < -0.39 is 0 Å². The van der Waals surface area contributed by atoms with Crippen LogP contribution >= 0.6 is 27.7 Å². The molecule has 5 heteroatoms. The van der Waals surface area contributed by atoms with E-state index in [9.17, 15) is 0 Å². The van der Waals surface area contributed by atoms with Gasteiger partial charge in [-0.2, -0.15) is 0 Å². The quantitative estimate of drug-likeness (QED) is 0.312. The molecule has 1 aromatic carbocycles. The Hall–Kier alpha value is -0.810. The first-order valence-electron chi connectivity index (χ1n) is 7.48. The topological polar surface area (TPSA) is 38.9 Å². The van der Waals surface area contributed by atoms with E-state index in [0.717, 1.165) is 16.6 Å². The molecule has 0 aliphatic heterocycles. The number of alkyl halides is 1. The number of thioether (sulfide) groups is 1. The second-order valence-corrected chi connectivity index (χ2v) is 6.74. The minimum Gasteiger partial charge on any atom is -0.411 e. The van der Waals surface area contributed by atoms with Crippen LogP contribution in [0.1, 0.15) is 38.5 Å². The summed E-state index contributed by atoms with van der Waals surface area (Å²) in [4.78, 5) is 0. The number of unbranched alkanes of at least 4 members (excludes halogenated alkanes) is 5. The summed E-state index contributed by atoms with van der Waals surface area (Å²) in [7, 11) is 0. The lowest BCUT2D eigenvalue weighted by Crippen LogP contribution is -1.83. The summed E-state index contributed by atoms with van der Waals surface area (Å²) < 4.78 is 5.66. The van der Waals surface area contributed by atoms with Gasteiger partial charge < -0.3 is 4.42 Å². The monoisotopic (exact) mass is 368 g/mol. The molecule has 0 aliphatic rings. The van der Waals surface area contributed by atoms with Crippen molar-refractivity contribution in [2.75, 3.05) is 11.1 Å². The zero-order valence-electron chi connectivity index (χ0n) is 12.1. The van der Waals surface area contributed by atoms with E-state index >= 15 is 0 Å². The number of hydrogen-bond donors (Lipinski definition) is 0. The maximum Gasteiger partial charge on any atom is 0.276 e. The summed E-state index contributed by atoms with van der Waals surface area (Å²) in [5, 5.41) is 9.99. The molecular weight excluding hydrogens is 348 g/mol. The molecule has 3 nitrogen and oxygen atoms in total. The molecular formula is C16H21BrN2OS. The Balaban J connectivity index is 1.63. The summed E-state index contributed by atoms with van der Waals surface area (Å²) in [5.41, 5.74) is 0.976. The molecule has 1 aromatic heterocycles. The SMILES string of the molecule is BrCCCCCCCCSc1nnc(-c2ccccc2)o1. The predicted molar refractivity (Wildman–Crippen MR) is 92.0 cm³/mol. The highest BCUT2D eigenvalue weighted by molar-refractivity contribution is 9.09. The lowest BCUT2D eigenvalue weighted by atomic mass is 10.1. The third-order valence-electron chi connectivity index (χ3n) is 3.18. The van der Waals surface area contributed by atoms with Gasteiger partial charge in [-0.15, -0.1) is 10.2 Å². The average Bonchev–Trinajstić information content (AvgIpc) is 3.00. The number of hydrogen-bond acceptors (Lipinski definition) is 4. The normalized spacial score (nSPS) is 10.9. The standard InChI is InChI=1S/C16H21BrN2OS/c17-12-8-3-1-2-4-9-13-21-16-19-18-15(20-16)14-10-6-5-7-11-14/h5-7,10-11H,1-4,8-9,12-13H2. The molecule has 0 radical (unpaired) electrons. The molecule has 0 bridgehead atoms. The van der Waals surface area contributed by atoms with Crippen LogP contribution in [0, 0.1) is 0 Å². The first-order valence-corrected chi connectivity index (χ1v) is 9.58. The van der Waals surface area contributed by atoms with Gasteiger partial charge in [-0.25, -0.2) is 0 Å². The molecule has 0 spiro atoms. The van der Waals surface area contributed by atoms with Crippen LogP contribution in [0.4, 0.5) is 0 Å². The van der Waals surface area contributed by atoms with E-state index in [0.29, 0.717) is 11.1 Å². The van der Waals surface area contributed by atoms with Gasteiger partial charge in [0, 0.05) is 16.6 Å². The molecule has 1 heterocycles. The second-order valence-electron chi connectivity index (χ2n) is 4.90. The van der Waals surface area contributed by atoms with Crippen LogP contribution in [0.25, 0.3) is 11.5 Å². The molecule has 114 valence electrons. The van der Waals surface area contributed by atoms with E-state index in [1.165, 1.54) is 38.5 Å². The van der Waals surface area contributed by atoms with E-state index in [2.05, 4.69) is 26.1 Å². The maximum atomic E-state index is 5.66. The summed E-state index contributed by atoms with van der Waals surface area (Å²) in [6, 6.07) is 9.89. The van der Waals surface area contributed by atoms with Crippen molar-refractivity contribution >= 4 is 27.7 Å². The smallest absolute Gasteiger partial charge is 0.276 e. The first kappa shape index (κ1) is 16.6. The Bertz CT molecular complexity index is 504. The summed E-state index contributed by atoms with van der Waals surface area (Å²) in [5.74, 6) is 1.65. The Kier molecular flexibility index (Phi) is 7.89. The Morgan fingerprint density at radius 2 is 1.62 bits per heavy atom. The molecule has 2 rings (SSSR count). The zero-order valence-corrected chi connectivity index (χ0v) is 14.5. The molecule has 0 atom stereocenters. The minimum atomic E-state index is 0.605. The summed E-state index contributed by atoms with van der Waals surface area (Å²) in [6.45, 7) is 0. The number of benzene rings is 1. The number of halogens is 1. The Labute approximate surface area is 139 Å². The van der Waals surface area contributed by atoms with E-state index in [-0.39, 0.29) is 0 Å². The number of aromatic nitrogens is 2. The van der Waals surface area contributed by atoms with Crippen molar-refractivity contribution in [1.29, 1.82) is 0 Å². The molecule has 0 aliphatic carbocycles. The van der Waals surface area contributed by atoms with Gasteiger partial charge in [-0.1, -0.05) is 71.6 Å². The molecule has 2 aromatic rings. The van der Waals surface area contributed by atoms with Crippen LogP contribution in [0.15, 0.2) is 40.0 Å². The van der Waals surface area contributed by atoms with Gasteiger partial charge in [0.25, 0.3) is 5.22 Å². The third kappa shape index (κ3) is 6.22. The predicted octanol–water partition coefficient (Wildman–Crippen LogP) is 5.56. The third-order valence-corrected chi connectivity index (χ3v) is 4.65. The van der Waals surface area contributed by atoms with E-state index in [1.54, 1.807) is 11.8 Å². The molecule has 0 N–H and O–H groups in total. The van der Waals surface area contributed by atoms with Gasteiger partial charge >= 0.3 is 0 Å². The van der Waals surface area contributed by atoms with Crippen molar-refractivity contribution in [1.82, 2.24) is 10.2 Å². The fourth-order valence-electron chi connectivity index (χ4n) is 2.03. The van der Waals surface area contributed by atoms with E-state index in [4.69, 9.17) is 4.42 Å².